The molecule has 192 valence electrons. The van der Waals surface area contributed by atoms with Crippen LogP contribution in [0, 0.1) is 12.7 Å². The van der Waals surface area contributed by atoms with Crippen molar-refractivity contribution in [2.24, 2.45) is 0 Å². The molecule has 37 heavy (non-hydrogen) atoms. The normalized spacial score (nSPS) is 14.4. The maximum absolute atomic E-state index is 14.3. The number of H-pyrrole nitrogens is 1. The molecule has 0 radical (unpaired) electrons. The predicted molar refractivity (Wildman–Crippen MR) is 133 cm³/mol. The van der Waals surface area contributed by atoms with Crippen LogP contribution in [0.4, 0.5) is 34.9 Å². The molecule has 0 spiro atoms. The van der Waals surface area contributed by atoms with Crippen molar-refractivity contribution >= 4 is 45.9 Å². The molecule has 5 rings (SSSR count). The van der Waals surface area contributed by atoms with Crippen LogP contribution in [-0.4, -0.2) is 21.5 Å². The number of aromatic amines is 1. The molecule has 3 N–H and O–H groups in total. The molecule has 4 aromatic rings. The number of rotatable bonds is 4. The number of aryl methyl sites for hydroxylation is 1. The first-order valence-corrected chi connectivity index (χ1v) is 11.6. The van der Waals surface area contributed by atoms with Gasteiger partial charge in [0, 0.05) is 12.0 Å². The van der Waals surface area contributed by atoms with E-state index in [1.807, 2.05) is 32.9 Å². The summed E-state index contributed by atoms with van der Waals surface area (Å²) in [5.41, 5.74) is 0.954. The number of aromatic nitrogens is 2. The van der Waals surface area contributed by atoms with E-state index in [4.69, 9.17) is 16.3 Å². The molecule has 1 amide bonds. The molecule has 1 aliphatic rings. The molecule has 0 saturated heterocycles. The third-order valence-electron chi connectivity index (χ3n) is 6.06. The molecule has 1 aliphatic heterocycles. The van der Waals surface area contributed by atoms with Gasteiger partial charge in [-0.05, 0) is 56.7 Å². The molecule has 2 heterocycles. The molecular weight excluding hydrogens is 512 g/mol. The molecule has 0 fully saturated rings. The number of carbonyl (C=O) groups is 1. The summed E-state index contributed by atoms with van der Waals surface area (Å²) in [5.74, 6) is -1.20. The molecular formula is C26H21ClF4N4O2. The van der Waals surface area contributed by atoms with Crippen molar-refractivity contribution in [1.29, 1.82) is 0 Å². The van der Waals surface area contributed by atoms with Gasteiger partial charge in [0.2, 0.25) is 5.95 Å². The number of imidazole rings is 1. The topological polar surface area (TPSA) is 79.0 Å². The van der Waals surface area contributed by atoms with Crippen molar-refractivity contribution in [1.82, 2.24) is 9.97 Å². The highest BCUT2D eigenvalue weighted by molar-refractivity contribution is 6.33. The number of alkyl halides is 3. The first-order chi connectivity index (χ1) is 17.3. The summed E-state index contributed by atoms with van der Waals surface area (Å²) in [7, 11) is 0. The van der Waals surface area contributed by atoms with Crippen LogP contribution in [0.1, 0.15) is 40.9 Å². The number of benzene rings is 3. The second kappa shape index (κ2) is 8.65. The number of halogens is 5. The van der Waals surface area contributed by atoms with Gasteiger partial charge in [-0.1, -0.05) is 23.7 Å². The van der Waals surface area contributed by atoms with E-state index in [0.29, 0.717) is 57.9 Å². The van der Waals surface area contributed by atoms with Gasteiger partial charge in [-0.2, -0.15) is 13.2 Å². The number of carbonyl (C=O) groups excluding carboxylic acids is 1. The fourth-order valence-corrected chi connectivity index (χ4v) is 4.61. The van der Waals surface area contributed by atoms with Crippen molar-refractivity contribution in [2.75, 3.05) is 10.6 Å². The maximum atomic E-state index is 14.3. The minimum Gasteiger partial charge on any atom is -0.486 e. The van der Waals surface area contributed by atoms with E-state index in [1.54, 1.807) is 6.07 Å². The number of amides is 1. The Bertz CT molecular complexity index is 1540. The zero-order valence-corrected chi connectivity index (χ0v) is 20.7. The van der Waals surface area contributed by atoms with Crippen LogP contribution < -0.4 is 15.4 Å². The van der Waals surface area contributed by atoms with Crippen molar-refractivity contribution in [3.63, 3.8) is 0 Å². The fraction of sp³-hybridized carbons (Fsp3) is 0.231. The lowest BCUT2D eigenvalue weighted by atomic mass is 9.98. The summed E-state index contributed by atoms with van der Waals surface area (Å²) in [4.78, 5) is 21.0. The summed E-state index contributed by atoms with van der Waals surface area (Å²) in [6.07, 6.45) is -4.27. The Balaban J connectivity index is 1.56. The summed E-state index contributed by atoms with van der Waals surface area (Å²) in [6.45, 7) is 5.57. The Morgan fingerprint density at radius 1 is 1.19 bits per heavy atom. The third-order valence-corrected chi connectivity index (χ3v) is 6.37. The number of hydrogen-bond donors (Lipinski definition) is 3. The van der Waals surface area contributed by atoms with E-state index in [1.165, 1.54) is 6.07 Å². The lowest BCUT2D eigenvalue weighted by molar-refractivity contribution is -0.137. The predicted octanol–water partition coefficient (Wildman–Crippen LogP) is 7.39. The van der Waals surface area contributed by atoms with Crippen molar-refractivity contribution in [2.45, 2.75) is 39.0 Å². The molecule has 0 atom stereocenters. The summed E-state index contributed by atoms with van der Waals surface area (Å²) < 4.78 is 59.7. The van der Waals surface area contributed by atoms with Gasteiger partial charge in [0.15, 0.2) is 0 Å². The Kier molecular flexibility index (Phi) is 5.82. The number of anilines is 3. The van der Waals surface area contributed by atoms with Crippen LogP contribution in [0.25, 0.3) is 11.0 Å². The maximum Gasteiger partial charge on any atom is 0.416 e. The Morgan fingerprint density at radius 3 is 2.65 bits per heavy atom. The van der Waals surface area contributed by atoms with Crippen LogP contribution in [0.5, 0.6) is 5.75 Å². The second-order valence-corrected chi connectivity index (χ2v) is 9.86. The van der Waals surface area contributed by atoms with Gasteiger partial charge in [0.05, 0.1) is 38.6 Å². The zero-order valence-electron chi connectivity index (χ0n) is 19.9. The summed E-state index contributed by atoms with van der Waals surface area (Å²) in [5, 5.41) is 5.92. The lowest BCUT2D eigenvalue weighted by Gasteiger charge is -2.18. The highest BCUT2D eigenvalue weighted by atomic mass is 35.5. The van der Waals surface area contributed by atoms with E-state index in [-0.39, 0.29) is 11.3 Å². The molecule has 0 saturated carbocycles. The standard InChI is InChI=1S/C26H21ClF4N4O2/c1-12-5-4-6-16(27)20(12)34-24-33-19-10-14(22-15(21(19)35-24)11-25(2,3)37-22)23(36)32-18-9-13(26(29,30)31)7-8-17(18)28/h4-10H,11H2,1-3H3,(H,32,36)(H2,33,34,35). The van der Waals surface area contributed by atoms with Gasteiger partial charge in [0.25, 0.3) is 5.91 Å². The largest absolute Gasteiger partial charge is 0.486 e. The highest BCUT2D eigenvalue weighted by Crippen LogP contribution is 2.43. The minimum atomic E-state index is -4.69. The average molecular weight is 533 g/mol. The lowest BCUT2D eigenvalue weighted by Crippen LogP contribution is -2.25. The number of nitrogens with one attached hydrogen (secondary N) is 3. The first kappa shape index (κ1) is 24.9. The van der Waals surface area contributed by atoms with Crippen molar-refractivity contribution in [3.8, 4) is 5.75 Å². The van der Waals surface area contributed by atoms with E-state index in [0.717, 1.165) is 5.56 Å². The molecule has 11 heteroatoms. The van der Waals surface area contributed by atoms with Crippen molar-refractivity contribution in [3.05, 3.63) is 75.6 Å². The third kappa shape index (κ3) is 4.69. The van der Waals surface area contributed by atoms with Gasteiger partial charge in [-0.3, -0.25) is 4.79 Å². The quantitative estimate of drug-likeness (QED) is 0.239. The van der Waals surface area contributed by atoms with Crippen LogP contribution in [0.3, 0.4) is 0 Å². The summed E-state index contributed by atoms with van der Waals surface area (Å²) in [6, 6.07) is 8.76. The number of para-hydroxylation sites is 1. The smallest absolute Gasteiger partial charge is 0.416 e. The average Bonchev–Trinajstić information content (AvgIpc) is 3.35. The van der Waals surface area contributed by atoms with Crippen LogP contribution >= 0.6 is 11.6 Å². The Morgan fingerprint density at radius 2 is 1.95 bits per heavy atom. The molecule has 6 nitrogen and oxygen atoms in total. The zero-order chi connectivity index (χ0) is 26.7. The van der Waals surface area contributed by atoms with Gasteiger partial charge >= 0.3 is 6.18 Å². The van der Waals surface area contributed by atoms with Crippen LogP contribution in [0.2, 0.25) is 5.02 Å². The molecule has 0 unspecified atom stereocenters. The minimum absolute atomic E-state index is 0.0361. The SMILES string of the molecule is Cc1cccc(Cl)c1Nc1nc2c3c(c(C(=O)Nc4cc(C(F)(F)F)ccc4F)cc2[nH]1)OC(C)(C)C3. The van der Waals surface area contributed by atoms with Crippen molar-refractivity contribution < 1.29 is 27.1 Å². The van der Waals surface area contributed by atoms with Crippen LogP contribution in [-0.2, 0) is 12.6 Å². The van der Waals surface area contributed by atoms with Gasteiger partial charge in [-0.15, -0.1) is 0 Å². The number of ether oxygens (including phenoxy) is 1. The monoisotopic (exact) mass is 532 g/mol. The fourth-order valence-electron chi connectivity index (χ4n) is 4.34. The molecule has 0 aliphatic carbocycles. The van der Waals surface area contributed by atoms with E-state index in [9.17, 15) is 22.4 Å². The van der Waals surface area contributed by atoms with Gasteiger partial charge in [0.1, 0.15) is 17.2 Å². The van der Waals surface area contributed by atoms with Crippen LogP contribution in [0.15, 0.2) is 42.5 Å². The Labute approximate surface area is 214 Å². The Hall–Kier alpha value is -3.79. The number of nitrogens with zero attached hydrogens (tertiary/aromatic N) is 1. The summed E-state index contributed by atoms with van der Waals surface area (Å²) >= 11 is 6.33. The first-order valence-electron chi connectivity index (χ1n) is 11.3. The highest BCUT2D eigenvalue weighted by Gasteiger charge is 2.37. The number of hydrogen-bond acceptors (Lipinski definition) is 4. The molecule has 0 bridgehead atoms. The van der Waals surface area contributed by atoms with E-state index < -0.39 is 34.8 Å². The van der Waals surface area contributed by atoms with Gasteiger partial charge < -0.3 is 20.4 Å². The van der Waals surface area contributed by atoms with Gasteiger partial charge in [-0.25, -0.2) is 9.37 Å². The van der Waals surface area contributed by atoms with E-state index in [2.05, 4.69) is 20.6 Å². The molecule has 3 aromatic carbocycles. The molecule has 1 aromatic heterocycles. The number of fused-ring (bicyclic) bond motifs is 3. The second-order valence-electron chi connectivity index (χ2n) is 9.46. The van der Waals surface area contributed by atoms with E-state index >= 15 is 0 Å².